The fraction of sp³-hybridized carbons (Fsp3) is 0.176. The summed E-state index contributed by atoms with van der Waals surface area (Å²) in [5.41, 5.74) is 0.295. The van der Waals surface area contributed by atoms with Crippen molar-refractivity contribution in [2.75, 3.05) is 0 Å². The maximum atomic E-state index is 12.8. The maximum Gasteiger partial charge on any atom is 0.325 e. The van der Waals surface area contributed by atoms with Gasteiger partial charge in [0.15, 0.2) is 0 Å². The minimum absolute atomic E-state index is 0.132. The first-order valence-electron chi connectivity index (χ1n) is 7.05. The van der Waals surface area contributed by atoms with E-state index in [1.165, 1.54) is 4.90 Å². The lowest BCUT2D eigenvalue weighted by molar-refractivity contribution is -0.131. The van der Waals surface area contributed by atoms with Gasteiger partial charge in [-0.15, -0.1) is 0 Å². The summed E-state index contributed by atoms with van der Waals surface area (Å²) in [4.78, 5) is 26.3. The molecule has 1 fully saturated rings. The van der Waals surface area contributed by atoms with Crippen molar-refractivity contribution in [3.05, 3.63) is 69.7 Å². The maximum absolute atomic E-state index is 12.8. The van der Waals surface area contributed by atoms with Gasteiger partial charge in [0.05, 0.1) is 6.54 Å². The molecule has 1 aliphatic rings. The summed E-state index contributed by atoms with van der Waals surface area (Å²) in [6, 6.07) is 13.6. The van der Waals surface area contributed by atoms with Crippen LogP contribution in [0.15, 0.2) is 48.5 Å². The zero-order chi connectivity index (χ0) is 16.6. The predicted molar refractivity (Wildman–Crippen MR) is 89.3 cm³/mol. The van der Waals surface area contributed by atoms with Gasteiger partial charge >= 0.3 is 6.03 Å². The van der Waals surface area contributed by atoms with Crippen LogP contribution in [0, 0.1) is 0 Å². The lowest BCUT2D eigenvalue weighted by atomic mass is 9.92. The van der Waals surface area contributed by atoms with Gasteiger partial charge in [-0.1, -0.05) is 53.5 Å². The first-order valence-corrected chi connectivity index (χ1v) is 7.81. The van der Waals surface area contributed by atoms with Crippen LogP contribution in [-0.4, -0.2) is 16.8 Å². The lowest BCUT2D eigenvalue weighted by Gasteiger charge is -2.22. The fourth-order valence-electron chi connectivity index (χ4n) is 2.62. The fourth-order valence-corrected chi connectivity index (χ4v) is 2.94. The van der Waals surface area contributed by atoms with Crippen molar-refractivity contribution < 1.29 is 9.59 Å². The van der Waals surface area contributed by atoms with Crippen LogP contribution < -0.4 is 5.32 Å². The van der Waals surface area contributed by atoms with Gasteiger partial charge in [0, 0.05) is 10.0 Å². The zero-order valence-corrected chi connectivity index (χ0v) is 13.9. The minimum atomic E-state index is -1.11. The first kappa shape index (κ1) is 15.8. The Labute approximate surface area is 144 Å². The van der Waals surface area contributed by atoms with E-state index in [0.29, 0.717) is 15.6 Å². The highest BCUT2D eigenvalue weighted by atomic mass is 35.5. The SMILES string of the molecule is CC1(c2ccc(Cl)cc2)NC(=O)N(Cc2ccccc2Cl)C1=O. The van der Waals surface area contributed by atoms with E-state index in [1.807, 2.05) is 6.07 Å². The molecule has 0 saturated carbocycles. The Bertz CT molecular complexity index is 776. The Morgan fingerprint density at radius 3 is 2.35 bits per heavy atom. The van der Waals surface area contributed by atoms with Crippen molar-refractivity contribution in [1.29, 1.82) is 0 Å². The van der Waals surface area contributed by atoms with E-state index < -0.39 is 11.6 Å². The second kappa shape index (κ2) is 5.87. The summed E-state index contributed by atoms with van der Waals surface area (Å²) in [6.07, 6.45) is 0. The molecule has 6 heteroatoms. The molecule has 0 bridgehead atoms. The van der Waals surface area contributed by atoms with Crippen molar-refractivity contribution in [3.63, 3.8) is 0 Å². The molecule has 3 rings (SSSR count). The van der Waals surface area contributed by atoms with E-state index in [-0.39, 0.29) is 12.5 Å². The number of imide groups is 1. The van der Waals surface area contributed by atoms with Crippen LogP contribution >= 0.6 is 23.2 Å². The Morgan fingerprint density at radius 2 is 1.70 bits per heavy atom. The molecule has 23 heavy (non-hydrogen) atoms. The molecule has 4 nitrogen and oxygen atoms in total. The summed E-state index contributed by atoms with van der Waals surface area (Å²) in [5, 5.41) is 3.85. The molecule has 118 valence electrons. The molecule has 1 aliphatic heterocycles. The number of hydrogen-bond donors (Lipinski definition) is 1. The van der Waals surface area contributed by atoms with E-state index in [2.05, 4.69) is 5.32 Å². The van der Waals surface area contributed by atoms with Gasteiger partial charge in [-0.3, -0.25) is 9.69 Å². The average Bonchev–Trinajstić information content (AvgIpc) is 2.74. The van der Waals surface area contributed by atoms with E-state index in [9.17, 15) is 9.59 Å². The number of nitrogens with zero attached hydrogens (tertiary/aromatic N) is 1. The molecular weight excluding hydrogens is 335 g/mol. The number of halogens is 2. The Hall–Kier alpha value is -2.04. The van der Waals surface area contributed by atoms with Gasteiger partial charge in [0.2, 0.25) is 0 Å². The van der Waals surface area contributed by atoms with Crippen LogP contribution in [0.4, 0.5) is 4.79 Å². The lowest BCUT2D eigenvalue weighted by Crippen LogP contribution is -2.40. The van der Waals surface area contributed by atoms with Crippen molar-refractivity contribution in [2.24, 2.45) is 0 Å². The largest absolute Gasteiger partial charge is 0.325 e. The van der Waals surface area contributed by atoms with Gasteiger partial charge in [0.25, 0.3) is 5.91 Å². The second-order valence-corrected chi connectivity index (χ2v) is 6.39. The number of benzene rings is 2. The molecule has 0 radical (unpaired) electrons. The average molecular weight is 349 g/mol. The van der Waals surface area contributed by atoms with Gasteiger partial charge in [-0.2, -0.15) is 0 Å². The Balaban J connectivity index is 1.90. The standard InChI is InChI=1S/C17H14Cl2N2O2/c1-17(12-6-8-13(18)9-7-12)15(22)21(16(23)20-17)10-11-4-2-3-5-14(11)19/h2-9H,10H2,1H3,(H,20,23). The van der Waals surface area contributed by atoms with Gasteiger partial charge in [-0.05, 0) is 36.2 Å². The number of carbonyl (C=O) groups is 2. The monoisotopic (exact) mass is 348 g/mol. The summed E-state index contributed by atoms with van der Waals surface area (Å²) >= 11 is 12.0. The molecule has 2 aromatic carbocycles. The molecule has 1 unspecified atom stereocenters. The molecule has 2 aromatic rings. The number of nitrogens with one attached hydrogen (secondary N) is 1. The summed E-state index contributed by atoms with van der Waals surface area (Å²) in [5.74, 6) is -0.315. The molecular formula is C17H14Cl2N2O2. The number of hydrogen-bond acceptors (Lipinski definition) is 2. The Kier molecular flexibility index (Phi) is 4.04. The first-order chi connectivity index (χ1) is 10.9. The third kappa shape index (κ3) is 2.80. The molecule has 0 aromatic heterocycles. The van der Waals surface area contributed by atoms with E-state index in [1.54, 1.807) is 49.4 Å². The summed E-state index contributed by atoms with van der Waals surface area (Å²) in [7, 11) is 0. The highest BCUT2D eigenvalue weighted by molar-refractivity contribution is 6.31. The van der Waals surface area contributed by atoms with Crippen LogP contribution in [0.1, 0.15) is 18.1 Å². The van der Waals surface area contributed by atoms with Gasteiger partial charge in [-0.25, -0.2) is 4.79 Å². The molecule has 0 spiro atoms. The van der Waals surface area contributed by atoms with Crippen molar-refractivity contribution in [1.82, 2.24) is 10.2 Å². The third-order valence-corrected chi connectivity index (χ3v) is 4.60. The van der Waals surface area contributed by atoms with E-state index in [4.69, 9.17) is 23.2 Å². The number of urea groups is 1. The van der Waals surface area contributed by atoms with Gasteiger partial charge < -0.3 is 5.32 Å². The molecule has 1 N–H and O–H groups in total. The van der Waals surface area contributed by atoms with E-state index in [0.717, 1.165) is 5.56 Å². The molecule has 1 saturated heterocycles. The van der Waals surface area contributed by atoms with Crippen molar-refractivity contribution in [3.8, 4) is 0 Å². The summed E-state index contributed by atoms with van der Waals surface area (Å²) in [6.45, 7) is 1.82. The van der Waals surface area contributed by atoms with Crippen LogP contribution in [0.5, 0.6) is 0 Å². The van der Waals surface area contributed by atoms with E-state index >= 15 is 0 Å². The normalized spacial score (nSPS) is 20.7. The second-order valence-electron chi connectivity index (χ2n) is 5.54. The number of carbonyl (C=O) groups excluding carboxylic acids is 2. The quantitative estimate of drug-likeness (QED) is 0.853. The van der Waals surface area contributed by atoms with Crippen molar-refractivity contribution in [2.45, 2.75) is 19.0 Å². The van der Waals surface area contributed by atoms with Crippen LogP contribution in [0.2, 0.25) is 10.0 Å². The smallest absolute Gasteiger partial charge is 0.319 e. The minimum Gasteiger partial charge on any atom is -0.319 e. The number of rotatable bonds is 3. The summed E-state index contributed by atoms with van der Waals surface area (Å²) < 4.78 is 0. The molecule has 0 aliphatic carbocycles. The number of amides is 3. The van der Waals surface area contributed by atoms with Crippen molar-refractivity contribution >= 4 is 35.1 Å². The molecule has 3 amide bonds. The third-order valence-electron chi connectivity index (χ3n) is 3.98. The van der Waals surface area contributed by atoms with Crippen LogP contribution in [-0.2, 0) is 16.9 Å². The Morgan fingerprint density at radius 1 is 1.04 bits per heavy atom. The zero-order valence-electron chi connectivity index (χ0n) is 12.3. The predicted octanol–water partition coefficient (Wildman–Crippen LogP) is 3.96. The molecule has 1 atom stereocenters. The van der Waals surface area contributed by atoms with Gasteiger partial charge in [0.1, 0.15) is 5.54 Å². The topological polar surface area (TPSA) is 49.4 Å². The highest BCUT2D eigenvalue weighted by Gasteiger charge is 2.48. The molecule has 1 heterocycles. The van der Waals surface area contributed by atoms with Crippen LogP contribution in [0.3, 0.4) is 0 Å². The highest BCUT2D eigenvalue weighted by Crippen LogP contribution is 2.31. The van der Waals surface area contributed by atoms with Crippen LogP contribution in [0.25, 0.3) is 0 Å².